The van der Waals surface area contributed by atoms with Crippen molar-refractivity contribution >= 4 is 5.97 Å². The second-order valence-electron chi connectivity index (χ2n) is 4.65. The lowest BCUT2D eigenvalue weighted by Gasteiger charge is -2.10. The molecule has 4 nitrogen and oxygen atoms in total. The highest BCUT2D eigenvalue weighted by molar-refractivity contribution is 5.75. The predicted octanol–water partition coefficient (Wildman–Crippen LogP) is 2.54. The Morgan fingerprint density at radius 2 is 1.95 bits per heavy atom. The van der Waals surface area contributed by atoms with Gasteiger partial charge in [-0.3, -0.25) is 4.79 Å². The average Bonchev–Trinajstić information content (AvgIpc) is 2.41. The molecule has 1 atom stereocenters. The van der Waals surface area contributed by atoms with Crippen LogP contribution in [-0.2, 0) is 16.1 Å². The fourth-order valence-electron chi connectivity index (χ4n) is 1.63. The molecule has 1 aromatic carbocycles. The molecule has 1 unspecified atom stereocenters. The Balaban J connectivity index is 2.26. The van der Waals surface area contributed by atoms with Gasteiger partial charge in [0, 0.05) is 13.1 Å². The number of ether oxygens (including phenoxy) is 1. The zero-order valence-electron chi connectivity index (χ0n) is 11.6. The van der Waals surface area contributed by atoms with Crippen molar-refractivity contribution in [2.45, 2.75) is 25.6 Å². The molecule has 0 amide bonds. The maximum atomic E-state index is 11.8. The van der Waals surface area contributed by atoms with E-state index in [9.17, 15) is 18.0 Å². The van der Waals surface area contributed by atoms with Gasteiger partial charge in [0.15, 0.2) is 0 Å². The van der Waals surface area contributed by atoms with E-state index in [4.69, 9.17) is 5.11 Å². The molecule has 0 aromatic heterocycles. The van der Waals surface area contributed by atoms with Gasteiger partial charge in [-0.25, -0.2) is 0 Å². The third-order valence-electron chi connectivity index (χ3n) is 2.87. The van der Waals surface area contributed by atoms with Crippen LogP contribution in [-0.4, -0.2) is 37.0 Å². The van der Waals surface area contributed by atoms with E-state index in [1.165, 1.54) is 0 Å². The molecule has 0 saturated heterocycles. The highest BCUT2D eigenvalue weighted by Gasteiger charge is 2.27. The molecule has 0 aliphatic carbocycles. The fraction of sp³-hybridized carbons (Fsp3) is 0.500. The van der Waals surface area contributed by atoms with Crippen molar-refractivity contribution in [1.82, 2.24) is 5.32 Å². The summed E-state index contributed by atoms with van der Waals surface area (Å²) in [4.78, 5) is 10.8. The molecule has 0 bridgehead atoms. The maximum Gasteiger partial charge on any atom is 0.411 e. The number of benzene rings is 1. The van der Waals surface area contributed by atoms with Crippen LogP contribution in [0.25, 0.3) is 0 Å². The number of hydrogen-bond acceptors (Lipinski definition) is 3. The third-order valence-corrected chi connectivity index (χ3v) is 2.87. The Labute approximate surface area is 120 Å². The van der Waals surface area contributed by atoms with E-state index in [1.807, 2.05) is 0 Å². The van der Waals surface area contributed by atoms with E-state index in [0.717, 1.165) is 5.56 Å². The Morgan fingerprint density at radius 3 is 2.48 bits per heavy atom. The van der Waals surface area contributed by atoms with Gasteiger partial charge in [0.1, 0.15) is 6.61 Å². The van der Waals surface area contributed by atoms with Gasteiger partial charge >= 0.3 is 12.1 Å². The zero-order valence-corrected chi connectivity index (χ0v) is 11.6. The number of alkyl halides is 3. The van der Waals surface area contributed by atoms with E-state index < -0.39 is 24.7 Å². The van der Waals surface area contributed by atoms with Crippen molar-refractivity contribution in [3.05, 3.63) is 35.4 Å². The van der Waals surface area contributed by atoms with E-state index in [-0.39, 0.29) is 6.61 Å². The zero-order chi connectivity index (χ0) is 15.9. The molecule has 0 heterocycles. The molecule has 118 valence electrons. The largest absolute Gasteiger partial charge is 0.481 e. The molecule has 0 radical (unpaired) electrons. The number of nitrogens with one attached hydrogen (secondary N) is 1. The predicted molar refractivity (Wildman–Crippen MR) is 71.1 cm³/mol. The second kappa shape index (κ2) is 7.99. The summed E-state index contributed by atoms with van der Waals surface area (Å²) in [6, 6.07) is 7.04. The molecule has 21 heavy (non-hydrogen) atoms. The van der Waals surface area contributed by atoms with Crippen molar-refractivity contribution in [3.8, 4) is 0 Å². The molecule has 1 aromatic rings. The molecule has 0 fully saturated rings. The van der Waals surface area contributed by atoms with Gasteiger partial charge in [-0.15, -0.1) is 0 Å². The van der Waals surface area contributed by atoms with Crippen molar-refractivity contribution in [1.29, 1.82) is 0 Å². The van der Waals surface area contributed by atoms with Gasteiger partial charge in [0.05, 0.1) is 12.5 Å². The van der Waals surface area contributed by atoms with Crippen molar-refractivity contribution in [2.24, 2.45) is 0 Å². The number of hydrogen-bond donors (Lipinski definition) is 2. The Bertz CT molecular complexity index is 446. The van der Waals surface area contributed by atoms with Crippen LogP contribution in [0.2, 0.25) is 0 Å². The number of carboxylic acids is 1. The van der Waals surface area contributed by atoms with E-state index in [0.29, 0.717) is 18.7 Å². The smallest absolute Gasteiger partial charge is 0.411 e. The van der Waals surface area contributed by atoms with Gasteiger partial charge < -0.3 is 15.2 Å². The molecular formula is C14H18F3NO3. The third kappa shape index (κ3) is 7.10. The van der Waals surface area contributed by atoms with Crippen LogP contribution in [0.4, 0.5) is 13.2 Å². The normalized spacial score (nSPS) is 13.1. The lowest BCUT2D eigenvalue weighted by molar-refractivity contribution is -0.173. The van der Waals surface area contributed by atoms with E-state index in [1.54, 1.807) is 31.2 Å². The number of aliphatic carboxylic acids is 1. The Hall–Kier alpha value is -1.60. The first-order valence-corrected chi connectivity index (χ1v) is 6.46. The van der Waals surface area contributed by atoms with Crippen molar-refractivity contribution in [3.63, 3.8) is 0 Å². The van der Waals surface area contributed by atoms with Crippen LogP contribution in [0.3, 0.4) is 0 Å². The van der Waals surface area contributed by atoms with Crippen LogP contribution in [0.15, 0.2) is 24.3 Å². The van der Waals surface area contributed by atoms with Crippen LogP contribution in [0.5, 0.6) is 0 Å². The minimum Gasteiger partial charge on any atom is -0.481 e. The summed E-state index contributed by atoms with van der Waals surface area (Å²) in [5.41, 5.74) is 1.63. The summed E-state index contributed by atoms with van der Waals surface area (Å²) < 4.78 is 39.9. The molecule has 0 aliphatic heterocycles. The number of carboxylic acid groups (broad SMARTS) is 1. The minimum atomic E-state index is -4.29. The van der Waals surface area contributed by atoms with Crippen LogP contribution < -0.4 is 5.32 Å². The SMILES string of the molecule is CC(C(=O)O)c1ccc(CNCCOCC(F)(F)F)cc1. The number of carbonyl (C=O) groups is 1. The van der Waals surface area contributed by atoms with Crippen LogP contribution in [0.1, 0.15) is 24.0 Å². The highest BCUT2D eigenvalue weighted by Crippen LogP contribution is 2.16. The van der Waals surface area contributed by atoms with Gasteiger partial charge in [-0.05, 0) is 18.1 Å². The average molecular weight is 305 g/mol. The Kier molecular flexibility index (Phi) is 6.64. The summed E-state index contributed by atoms with van der Waals surface area (Å²) >= 11 is 0. The second-order valence-corrected chi connectivity index (χ2v) is 4.65. The van der Waals surface area contributed by atoms with Crippen molar-refractivity contribution < 1.29 is 27.8 Å². The fourth-order valence-corrected chi connectivity index (χ4v) is 1.63. The quantitative estimate of drug-likeness (QED) is 0.725. The molecule has 0 spiro atoms. The molecular weight excluding hydrogens is 287 g/mol. The maximum absolute atomic E-state index is 11.8. The van der Waals surface area contributed by atoms with Gasteiger partial charge in [-0.1, -0.05) is 24.3 Å². The molecule has 7 heteroatoms. The summed E-state index contributed by atoms with van der Waals surface area (Å²) in [5, 5.41) is 11.8. The summed E-state index contributed by atoms with van der Waals surface area (Å²) in [6.07, 6.45) is -4.29. The van der Waals surface area contributed by atoms with Crippen LogP contribution in [0, 0.1) is 0 Å². The lowest BCUT2D eigenvalue weighted by atomic mass is 10.0. The first-order chi connectivity index (χ1) is 9.79. The first-order valence-electron chi connectivity index (χ1n) is 6.46. The molecule has 0 saturated carbocycles. The molecule has 2 N–H and O–H groups in total. The molecule has 1 rings (SSSR count). The molecule has 0 aliphatic rings. The number of halogens is 3. The van der Waals surface area contributed by atoms with Crippen molar-refractivity contribution in [2.75, 3.05) is 19.8 Å². The van der Waals surface area contributed by atoms with Gasteiger partial charge in [0.25, 0.3) is 0 Å². The number of rotatable bonds is 8. The minimum absolute atomic E-state index is 0.0202. The summed E-state index contributed by atoms with van der Waals surface area (Å²) in [7, 11) is 0. The lowest BCUT2D eigenvalue weighted by Crippen LogP contribution is -2.23. The van der Waals surface area contributed by atoms with Gasteiger partial charge in [0.2, 0.25) is 0 Å². The van der Waals surface area contributed by atoms with Gasteiger partial charge in [-0.2, -0.15) is 13.2 Å². The monoisotopic (exact) mass is 305 g/mol. The topological polar surface area (TPSA) is 58.6 Å². The van der Waals surface area contributed by atoms with Crippen LogP contribution >= 0.6 is 0 Å². The Morgan fingerprint density at radius 1 is 1.33 bits per heavy atom. The summed E-state index contributed by atoms with van der Waals surface area (Å²) in [5.74, 6) is -1.45. The summed E-state index contributed by atoms with van der Waals surface area (Å²) in [6.45, 7) is 1.14. The standard InChI is InChI=1S/C14H18F3NO3/c1-10(13(19)20)12-4-2-11(3-5-12)8-18-6-7-21-9-14(15,16)17/h2-5,10,18H,6-9H2,1H3,(H,19,20). The van der Waals surface area contributed by atoms with E-state index >= 15 is 0 Å². The first kappa shape index (κ1) is 17.5. The highest BCUT2D eigenvalue weighted by atomic mass is 19.4. The van der Waals surface area contributed by atoms with E-state index in [2.05, 4.69) is 10.1 Å².